The van der Waals surface area contributed by atoms with Gasteiger partial charge in [0.25, 0.3) is 11.6 Å². The van der Waals surface area contributed by atoms with E-state index < -0.39 is 4.92 Å². The number of halogens is 1. The van der Waals surface area contributed by atoms with Gasteiger partial charge < -0.3 is 9.80 Å². The quantitative estimate of drug-likeness (QED) is 0.311. The number of rotatable bonds is 4. The van der Waals surface area contributed by atoms with E-state index in [2.05, 4.69) is 39.4 Å². The lowest BCUT2D eigenvalue weighted by molar-refractivity contribution is -0.384. The Morgan fingerprint density at radius 2 is 1.65 bits per heavy atom. The van der Waals surface area contributed by atoms with Crippen LogP contribution in [-0.4, -0.2) is 52.1 Å². The van der Waals surface area contributed by atoms with Gasteiger partial charge in [0.05, 0.1) is 21.2 Å². The van der Waals surface area contributed by atoms with Crippen molar-refractivity contribution in [1.29, 1.82) is 0 Å². The molecule has 0 aliphatic carbocycles. The number of aromatic nitrogens is 2. The van der Waals surface area contributed by atoms with E-state index in [1.165, 1.54) is 23.6 Å². The Morgan fingerprint density at radius 1 is 0.882 bits per heavy atom. The zero-order valence-electron chi connectivity index (χ0n) is 18.1. The number of hydrogen-bond acceptors (Lipinski definition) is 6. The van der Waals surface area contributed by atoms with Crippen molar-refractivity contribution in [3.8, 4) is 11.3 Å². The zero-order chi connectivity index (χ0) is 23.7. The Morgan fingerprint density at radius 3 is 2.32 bits per heavy atom. The van der Waals surface area contributed by atoms with Crippen LogP contribution >= 0.6 is 11.6 Å². The first-order valence-corrected chi connectivity index (χ1v) is 11.2. The van der Waals surface area contributed by atoms with Crippen molar-refractivity contribution in [1.82, 2.24) is 15.1 Å². The third kappa shape index (κ3) is 4.27. The van der Waals surface area contributed by atoms with Crippen molar-refractivity contribution in [3.63, 3.8) is 0 Å². The molecular formula is C25H20ClN5O3. The molecular weight excluding hydrogens is 454 g/mol. The number of hydrogen-bond donors (Lipinski definition) is 0. The van der Waals surface area contributed by atoms with Gasteiger partial charge in [-0.25, -0.2) is 0 Å². The molecule has 0 unspecified atom stereocenters. The smallest absolute Gasteiger partial charge is 0.270 e. The number of nitro benzene ring substituents is 1. The van der Waals surface area contributed by atoms with Crippen molar-refractivity contribution in [2.24, 2.45) is 0 Å². The molecule has 0 bridgehead atoms. The number of benzene rings is 3. The lowest BCUT2D eigenvalue weighted by Crippen LogP contribution is -2.49. The molecule has 1 amide bonds. The number of anilines is 1. The normalized spacial score (nSPS) is 13.8. The molecule has 5 rings (SSSR count). The maximum atomic E-state index is 12.9. The molecule has 0 spiro atoms. The number of nitrogens with zero attached hydrogens (tertiary/aromatic N) is 5. The second-order valence-electron chi connectivity index (χ2n) is 8.04. The highest BCUT2D eigenvalue weighted by Gasteiger charge is 2.25. The molecule has 0 saturated carbocycles. The summed E-state index contributed by atoms with van der Waals surface area (Å²) in [5.74, 6) is 0.516. The molecule has 170 valence electrons. The molecule has 0 radical (unpaired) electrons. The van der Waals surface area contributed by atoms with Gasteiger partial charge in [-0.05, 0) is 35.0 Å². The van der Waals surface area contributed by atoms with E-state index in [4.69, 9.17) is 11.6 Å². The van der Waals surface area contributed by atoms with E-state index in [0.717, 1.165) is 22.5 Å². The van der Waals surface area contributed by atoms with Crippen LogP contribution in [0.15, 0.2) is 72.8 Å². The summed E-state index contributed by atoms with van der Waals surface area (Å²) in [5.41, 5.74) is 1.93. The summed E-state index contributed by atoms with van der Waals surface area (Å²) in [5, 5.41) is 22.1. The van der Waals surface area contributed by atoms with Gasteiger partial charge in [0.2, 0.25) is 0 Å². The molecule has 1 fully saturated rings. The number of amides is 1. The largest absolute Gasteiger partial charge is 0.352 e. The fourth-order valence-corrected chi connectivity index (χ4v) is 4.35. The number of non-ortho nitro benzene ring substituents is 1. The van der Waals surface area contributed by atoms with Crippen LogP contribution < -0.4 is 4.90 Å². The van der Waals surface area contributed by atoms with Crippen LogP contribution in [0, 0.1) is 10.1 Å². The fourth-order valence-electron chi connectivity index (χ4n) is 4.10. The van der Waals surface area contributed by atoms with Gasteiger partial charge in [-0.15, -0.1) is 10.2 Å². The van der Waals surface area contributed by atoms with Crippen molar-refractivity contribution in [2.75, 3.05) is 31.1 Å². The average molecular weight is 474 g/mol. The zero-order valence-corrected chi connectivity index (χ0v) is 18.9. The van der Waals surface area contributed by atoms with Gasteiger partial charge in [-0.1, -0.05) is 48.0 Å². The van der Waals surface area contributed by atoms with Crippen molar-refractivity contribution in [2.45, 2.75) is 0 Å². The molecule has 8 nitrogen and oxygen atoms in total. The predicted octanol–water partition coefficient (Wildman–Crippen LogP) is 4.82. The molecule has 2 heterocycles. The van der Waals surface area contributed by atoms with Crippen LogP contribution in [0.4, 0.5) is 11.5 Å². The standard InChI is InChI=1S/C25H20ClN5O3/c26-22-16-20(31(33)34)7-8-21(22)25(32)30-13-11-29(12-14-30)24-10-9-23(27-28-24)19-6-5-17-3-1-2-4-18(17)15-19/h1-10,15-16H,11-14H2. The maximum absolute atomic E-state index is 12.9. The SMILES string of the molecule is O=C(c1ccc([N+](=O)[O-])cc1Cl)N1CCN(c2ccc(-c3ccc4ccccc4c3)nn2)CC1. The van der Waals surface area contributed by atoms with Crippen molar-refractivity contribution < 1.29 is 9.72 Å². The van der Waals surface area contributed by atoms with Crippen molar-refractivity contribution in [3.05, 3.63) is 93.5 Å². The van der Waals surface area contributed by atoms with Crippen LogP contribution in [0.5, 0.6) is 0 Å². The van der Waals surface area contributed by atoms with Gasteiger partial charge in [0.15, 0.2) is 5.82 Å². The van der Waals surface area contributed by atoms with Crippen LogP contribution in [0.3, 0.4) is 0 Å². The third-order valence-electron chi connectivity index (χ3n) is 5.98. The Labute approximate surface area is 200 Å². The first-order chi connectivity index (χ1) is 16.5. The number of piperazine rings is 1. The summed E-state index contributed by atoms with van der Waals surface area (Å²) < 4.78 is 0. The van der Waals surface area contributed by atoms with Gasteiger partial charge in [-0.3, -0.25) is 14.9 Å². The molecule has 4 aromatic rings. The summed E-state index contributed by atoms with van der Waals surface area (Å²) >= 11 is 6.13. The predicted molar refractivity (Wildman–Crippen MR) is 131 cm³/mol. The Bertz CT molecular complexity index is 1390. The fraction of sp³-hybridized carbons (Fsp3) is 0.160. The lowest BCUT2D eigenvalue weighted by atomic mass is 10.1. The third-order valence-corrected chi connectivity index (χ3v) is 6.29. The van der Waals surface area contributed by atoms with E-state index in [1.54, 1.807) is 4.90 Å². The molecule has 1 aliphatic rings. The highest BCUT2D eigenvalue weighted by atomic mass is 35.5. The first kappa shape index (κ1) is 21.8. The topological polar surface area (TPSA) is 92.5 Å². The minimum absolute atomic E-state index is 0.0803. The Hall–Kier alpha value is -4.04. The maximum Gasteiger partial charge on any atom is 0.270 e. The number of nitro groups is 1. The van der Waals surface area contributed by atoms with Gasteiger partial charge in [-0.2, -0.15) is 0 Å². The molecule has 3 aromatic carbocycles. The summed E-state index contributed by atoms with van der Waals surface area (Å²) in [6, 6.07) is 22.2. The second kappa shape index (κ2) is 9.07. The minimum Gasteiger partial charge on any atom is -0.352 e. The van der Waals surface area contributed by atoms with Crippen LogP contribution in [0.1, 0.15) is 10.4 Å². The van der Waals surface area contributed by atoms with Gasteiger partial charge >= 0.3 is 0 Å². The van der Waals surface area contributed by atoms with E-state index in [0.29, 0.717) is 26.2 Å². The lowest BCUT2D eigenvalue weighted by Gasteiger charge is -2.35. The van der Waals surface area contributed by atoms with Crippen LogP contribution in [0.25, 0.3) is 22.0 Å². The van der Waals surface area contributed by atoms with E-state index in [1.807, 2.05) is 30.3 Å². The van der Waals surface area contributed by atoms with Gasteiger partial charge in [0, 0.05) is 43.9 Å². The molecule has 1 aromatic heterocycles. The highest BCUT2D eigenvalue weighted by molar-refractivity contribution is 6.34. The minimum atomic E-state index is -0.536. The molecule has 1 saturated heterocycles. The Balaban J connectivity index is 1.25. The first-order valence-electron chi connectivity index (χ1n) is 10.8. The van der Waals surface area contributed by atoms with Gasteiger partial charge in [0.1, 0.15) is 0 Å². The number of fused-ring (bicyclic) bond motifs is 1. The molecule has 0 N–H and O–H groups in total. The number of carbonyl (C=O) groups is 1. The highest BCUT2D eigenvalue weighted by Crippen LogP contribution is 2.26. The summed E-state index contributed by atoms with van der Waals surface area (Å²) in [6.07, 6.45) is 0. The van der Waals surface area contributed by atoms with E-state index in [-0.39, 0.29) is 22.2 Å². The van der Waals surface area contributed by atoms with Crippen LogP contribution in [0.2, 0.25) is 5.02 Å². The number of carbonyl (C=O) groups excluding carboxylic acids is 1. The van der Waals surface area contributed by atoms with Crippen LogP contribution in [-0.2, 0) is 0 Å². The second-order valence-corrected chi connectivity index (χ2v) is 8.45. The monoisotopic (exact) mass is 473 g/mol. The molecule has 34 heavy (non-hydrogen) atoms. The molecule has 0 atom stereocenters. The molecule has 9 heteroatoms. The van der Waals surface area contributed by atoms with E-state index in [9.17, 15) is 14.9 Å². The van der Waals surface area contributed by atoms with E-state index >= 15 is 0 Å². The molecule has 1 aliphatic heterocycles. The summed E-state index contributed by atoms with van der Waals surface area (Å²) in [7, 11) is 0. The Kier molecular flexibility index (Phi) is 5.81. The van der Waals surface area contributed by atoms with Crippen molar-refractivity contribution >= 4 is 39.8 Å². The summed E-state index contributed by atoms with van der Waals surface area (Å²) in [6.45, 7) is 2.17. The average Bonchev–Trinajstić information content (AvgIpc) is 2.88. The summed E-state index contributed by atoms with van der Waals surface area (Å²) in [4.78, 5) is 27.0.